The first-order valence-corrected chi connectivity index (χ1v) is 5.62. The van der Waals surface area contributed by atoms with Crippen molar-refractivity contribution in [3.05, 3.63) is 23.3 Å². The van der Waals surface area contributed by atoms with Gasteiger partial charge in [-0.05, 0) is 33.6 Å². The van der Waals surface area contributed by atoms with Crippen LogP contribution in [0.25, 0.3) is 0 Å². The summed E-state index contributed by atoms with van der Waals surface area (Å²) in [7, 11) is 0. The van der Waals surface area contributed by atoms with E-state index in [1.54, 1.807) is 0 Å². The van der Waals surface area contributed by atoms with Gasteiger partial charge in [-0.15, -0.1) is 0 Å². The summed E-state index contributed by atoms with van der Waals surface area (Å²) in [5.41, 5.74) is 2.70. The van der Waals surface area contributed by atoms with Gasteiger partial charge in [-0.1, -0.05) is 30.2 Å². The summed E-state index contributed by atoms with van der Waals surface area (Å²) < 4.78 is 0. The number of carbonyl (C=O) groups is 1. The molecule has 2 heteroatoms. The SMILES string of the molecule is CCC(=O)NC/C=C(\C)CCC=C(C)C. The van der Waals surface area contributed by atoms with Crippen LogP contribution in [0.15, 0.2) is 23.3 Å². The van der Waals surface area contributed by atoms with Crippen LogP contribution in [0, 0.1) is 0 Å². The van der Waals surface area contributed by atoms with Gasteiger partial charge < -0.3 is 5.32 Å². The number of rotatable bonds is 6. The normalized spacial score (nSPS) is 11.1. The van der Waals surface area contributed by atoms with E-state index < -0.39 is 0 Å². The lowest BCUT2D eigenvalue weighted by atomic mass is 10.1. The van der Waals surface area contributed by atoms with Crippen LogP contribution in [0.2, 0.25) is 0 Å². The van der Waals surface area contributed by atoms with Gasteiger partial charge in [0.15, 0.2) is 0 Å². The molecule has 0 fully saturated rings. The molecule has 0 aromatic heterocycles. The molecule has 15 heavy (non-hydrogen) atoms. The molecule has 0 aliphatic heterocycles. The van der Waals surface area contributed by atoms with Gasteiger partial charge in [-0.2, -0.15) is 0 Å². The second kappa shape index (κ2) is 8.27. The number of nitrogens with one attached hydrogen (secondary N) is 1. The minimum atomic E-state index is 0.114. The minimum absolute atomic E-state index is 0.114. The highest BCUT2D eigenvalue weighted by Gasteiger charge is 1.93. The molecular formula is C13H23NO. The molecule has 0 aliphatic rings. The minimum Gasteiger partial charge on any atom is -0.353 e. The van der Waals surface area contributed by atoms with Crippen molar-refractivity contribution in [1.29, 1.82) is 0 Å². The Morgan fingerprint density at radius 3 is 2.40 bits per heavy atom. The van der Waals surface area contributed by atoms with E-state index in [2.05, 4.69) is 38.2 Å². The topological polar surface area (TPSA) is 29.1 Å². The van der Waals surface area contributed by atoms with E-state index in [0.29, 0.717) is 13.0 Å². The third-order valence-electron chi connectivity index (χ3n) is 2.16. The lowest BCUT2D eigenvalue weighted by Crippen LogP contribution is -2.22. The Morgan fingerprint density at radius 2 is 1.87 bits per heavy atom. The molecular weight excluding hydrogens is 186 g/mol. The van der Waals surface area contributed by atoms with E-state index in [0.717, 1.165) is 12.8 Å². The Labute approximate surface area is 93.5 Å². The first-order valence-electron chi connectivity index (χ1n) is 5.62. The number of amides is 1. The molecule has 0 rings (SSSR count). The van der Waals surface area contributed by atoms with Gasteiger partial charge in [-0.3, -0.25) is 4.79 Å². The molecule has 0 radical (unpaired) electrons. The number of allylic oxidation sites excluding steroid dienone is 3. The Morgan fingerprint density at radius 1 is 1.20 bits per heavy atom. The molecule has 1 N–H and O–H groups in total. The first-order chi connectivity index (χ1) is 7.06. The predicted molar refractivity (Wildman–Crippen MR) is 65.7 cm³/mol. The fraction of sp³-hybridized carbons (Fsp3) is 0.615. The van der Waals surface area contributed by atoms with Crippen molar-refractivity contribution in [1.82, 2.24) is 5.32 Å². The van der Waals surface area contributed by atoms with Gasteiger partial charge in [0.2, 0.25) is 5.91 Å². The van der Waals surface area contributed by atoms with Crippen LogP contribution >= 0.6 is 0 Å². The van der Waals surface area contributed by atoms with Crippen LogP contribution < -0.4 is 5.32 Å². The van der Waals surface area contributed by atoms with E-state index in [-0.39, 0.29) is 5.91 Å². The standard InChI is InChI=1S/C13H23NO/c1-5-13(15)14-10-9-12(4)8-6-7-11(2)3/h7,9H,5-6,8,10H2,1-4H3,(H,14,15)/b12-9+. The summed E-state index contributed by atoms with van der Waals surface area (Å²) in [6.07, 6.45) is 7.05. The van der Waals surface area contributed by atoms with E-state index in [1.807, 2.05) is 6.92 Å². The highest BCUT2D eigenvalue weighted by atomic mass is 16.1. The quantitative estimate of drug-likeness (QED) is 0.669. The molecule has 0 atom stereocenters. The van der Waals surface area contributed by atoms with Gasteiger partial charge in [-0.25, -0.2) is 0 Å². The van der Waals surface area contributed by atoms with Crippen LogP contribution in [-0.2, 0) is 4.79 Å². The molecule has 0 heterocycles. The summed E-state index contributed by atoms with van der Waals surface area (Å²) in [5.74, 6) is 0.114. The van der Waals surface area contributed by atoms with Crippen LogP contribution in [0.1, 0.15) is 47.0 Å². The van der Waals surface area contributed by atoms with Gasteiger partial charge in [0.05, 0.1) is 0 Å². The first kappa shape index (κ1) is 13.9. The van der Waals surface area contributed by atoms with Crippen molar-refractivity contribution in [2.45, 2.75) is 47.0 Å². The lowest BCUT2D eigenvalue weighted by Gasteiger charge is -2.01. The zero-order chi connectivity index (χ0) is 11.7. The molecule has 1 amide bonds. The van der Waals surface area contributed by atoms with E-state index in [4.69, 9.17) is 0 Å². The smallest absolute Gasteiger partial charge is 0.219 e. The molecule has 0 spiro atoms. The van der Waals surface area contributed by atoms with Crippen LogP contribution in [-0.4, -0.2) is 12.5 Å². The van der Waals surface area contributed by atoms with Crippen molar-refractivity contribution >= 4 is 5.91 Å². The predicted octanol–water partition coefficient (Wildman–Crippen LogP) is 3.21. The van der Waals surface area contributed by atoms with Crippen LogP contribution in [0.5, 0.6) is 0 Å². The molecule has 2 nitrogen and oxygen atoms in total. The average Bonchev–Trinajstić information content (AvgIpc) is 2.17. The summed E-state index contributed by atoms with van der Waals surface area (Å²) in [5, 5.41) is 2.83. The second-order valence-corrected chi connectivity index (χ2v) is 4.03. The number of hydrogen-bond acceptors (Lipinski definition) is 1. The fourth-order valence-corrected chi connectivity index (χ4v) is 1.15. The summed E-state index contributed by atoms with van der Waals surface area (Å²) in [6, 6.07) is 0. The average molecular weight is 209 g/mol. The molecule has 0 aromatic rings. The largest absolute Gasteiger partial charge is 0.353 e. The summed E-state index contributed by atoms with van der Waals surface area (Å²) in [4.78, 5) is 10.9. The van der Waals surface area contributed by atoms with Gasteiger partial charge >= 0.3 is 0 Å². The fourth-order valence-electron chi connectivity index (χ4n) is 1.15. The maximum Gasteiger partial charge on any atom is 0.219 e. The highest BCUT2D eigenvalue weighted by molar-refractivity contribution is 5.75. The van der Waals surface area contributed by atoms with E-state index >= 15 is 0 Å². The van der Waals surface area contributed by atoms with Crippen molar-refractivity contribution < 1.29 is 4.79 Å². The molecule has 0 saturated heterocycles. The third-order valence-corrected chi connectivity index (χ3v) is 2.16. The second-order valence-electron chi connectivity index (χ2n) is 4.03. The third kappa shape index (κ3) is 9.26. The molecule has 0 unspecified atom stereocenters. The van der Waals surface area contributed by atoms with Gasteiger partial charge in [0.25, 0.3) is 0 Å². The Bertz CT molecular complexity index is 247. The summed E-state index contributed by atoms with van der Waals surface area (Å²) >= 11 is 0. The maximum atomic E-state index is 10.9. The molecule has 86 valence electrons. The van der Waals surface area contributed by atoms with E-state index in [1.165, 1.54) is 11.1 Å². The highest BCUT2D eigenvalue weighted by Crippen LogP contribution is 2.05. The number of hydrogen-bond donors (Lipinski definition) is 1. The van der Waals surface area contributed by atoms with Crippen LogP contribution in [0.4, 0.5) is 0 Å². The monoisotopic (exact) mass is 209 g/mol. The Kier molecular flexibility index (Phi) is 7.69. The van der Waals surface area contributed by atoms with Gasteiger partial charge in [0, 0.05) is 13.0 Å². The van der Waals surface area contributed by atoms with Crippen molar-refractivity contribution in [2.75, 3.05) is 6.54 Å². The van der Waals surface area contributed by atoms with Crippen molar-refractivity contribution in [3.8, 4) is 0 Å². The number of carbonyl (C=O) groups excluding carboxylic acids is 1. The maximum absolute atomic E-state index is 10.9. The lowest BCUT2D eigenvalue weighted by molar-refractivity contribution is -0.120. The summed E-state index contributed by atoms with van der Waals surface area (Å²) in [6.45, 7) is 8.85. The zero-order valence-corrected chi connectivity index (χ0v) is 10.4. The van der Waals surface area contributed by atoms with Crippen LogP contribution in [0.3, 0.4) is 0 Å². The molecule has 0 bridgehead atoms. The zero-order valence-electron chi connectivity index (χ0n) is 10.4. The molecule has 0 aromatic carbocycles. The van der Waals surface area contributed by atoms with Gasteiger partial charge in [0.1, 0.15) is 0 Å². The Balaban J connectivity index is 3.70. The Hall–Kier alpha value is -1.05. The molecule has 0 saturated carbocycles. The van der Waals surface area contributed by atoms with E-state index in [9.17, 15) is 4.79 Å². The molecule has 0 aliphatic carbocycles. The van der Waals surface area contributed by atoms with Crippen molar-refractivity contribution in [2.24, 2.45) is 0 Å². The van der Waals surface area contributed by atoms with Crippen molar-refractivity contribution in [3.63, 3.8) is 0 Å².